The van der Waals surface area contributed by atoms with E-state index in [4.69, 9.17) is 5.26 Å². The van der Waals surface area contributed by atoms with E-state index in [-0.39, 0.29) is 0 Å². The highest BCUT2D eigenvalue weighted by atomic mass is 127. The Bertz CT molecular complexity index is 332. The molecule has 1 rings (SSSR count). The molecule has 4 heteroatoms. The molecule has 0 spiro atoms. The molecule has 0 saturated heterocycles. The monoisotopic (exact) mass is 325 g/mol. The van der Waals surface area contributed by atoms with Gasteiger partial charge < -0.3 is 0 Å². The molecule has 1 aromatic rings. The smallest absolute Gasteiger partial charge is 0.125 e. The number of nitrogens with zero attached hydrogens (tertiary/aromatic N) is 1. The lowest BCUT2D eigenvalue weighted by atomic mass is 10.2. The molecule has 0 atom stereocenters. The Kier molecular flexibility index (Phi) is 2.84. The molecule has 0 unspecified atom stereocenters. The summed E-state index contributed by atoms with van der Waals surface area (Å²) >= 11 is 5.12. The quantitative estimate of drug-likeness (QED) is 0.531. The molecule has 0 aliphatic heterocycles. The van der Waals surface area contributed by atoms with Crippen LogP contribution in [0, 0.1) is 20.7 Å². The Balaban J connectivity index is 3.39. The number of halogens is 3. The van der Waals surface area contributed by atoms with Crippen molar-refractivity contribution in [3.8, 4) is 6.07 Å². The zero-order valence-electron chi connectivity index (χ0n) is 5.24. The van der Waals surface area contributed by atoms with Gasteiger partial charge in [0.2, 0.25) is 0 Å². The molecule has 0 amide bonds. The van der Waals surface area contributed by atoms with Gasteiger partial charge in [0.05, 0.1) is 5.56 Å². The summed E-state index contributed by atoms with van der Waals surface area (Å²) in [4.78, 5) is 0. The fraction of sp³-hybridized carbons (Fsp3) is 0. The van der Waals surface area contributed by atoms with Crippen molar-refractivity contribution < 1.29 is 4.39 Å². The summed E-state index contributed by atoms with van der Waals surface area (Å²) in [5, 5.41) is 8.53. The van der Waals surface area contributed by atoms with Crippen LogP contribution in [-0.4, -0.2) is 0 Å². The molecule has 1 nitrogen and oxygen atoms in total. The topological polar surface area (TPSA) is 23.8 Å². The minimum absolute atomic E-state index is 0.359. The van der Waals surface area contributed by atoms with E-state index in [0.29, 0.717) is 10.0 Å². The van der Waals surface area contributed by atoms with Crippen LogP contribution in [0.4, 0.5) is 4.39 Å². The first-order valence-corrected chi connectivity index (χ1v) is 4.57. The summed E-state index contributed by atoms with van der Waals surface area (Å²) in [6, 6.07) is 4.45. The Morgan fingerprint density at radius 1 is 1.55 bits per heavy atom. The number of benzene rings is 1. The third-order valence-electron chi connectivity index (χ3n) is 1.11. The first-order chi connectivity index (χ1) is 5.15. The van der Waals surface area contributed by atoms with E-state index in [1.807, 2.05) is 28.7 Å². The van der Waals surface area contributed by atoms with Gasteiger partial charge in [-0.3, -0.25) is 0 Å². The van der Waals surface area contributed by atoms with Crippen molar-refractivity contribution in [1.29, 1.82) is 5.26 Å². The summed E-state index contributed by atoms with van der Waals surface area (Å²) in [7, 11) is 0. The van der Waals surface area contributed by atoms with Crippen LogP contribution in [0.15, 0.2) is 16.6 Å². The molecular weight excluding hydrogens is 324 g/mol. The lowest BCUT2D eigenvalue weighted by Gasteiger charge is -1.97. The van der Waals surface area contributed by atoms with Gasteiger partial charge in [-0.25, -0.2) is 4.39 Å². The average Bonchev–Trinajstić information content (AvgIpc) is 1.96. The first kappa shape index (κ1) is 8.94. The average molecular weight is 326 g/mol. The summed E-state index contributed by atoms with van der Waals surface area (Å²) < 4.78 is 14.0. The van der Waals surface area contributed by atoms with Crippen LogP contribution in [0.1, 0.15) is 5.56 Å². The Hall–Kier alpha value is -0.150. The normalized spacial score (nSPS) is 9.27. The molecule has 0 bridgehead atoms. The molecule has 0 aliphatic carbocycles. The second-order valence-electron chi connectivity index (χ2n) is 1.86. The maximum Gasteiger partial charge on any atom is 0.125 e. The van der Waals surface area contributed by atoms with Crippen LogP contribution in [0.5, 0.6) is 0 Å². The van der Waals surface area contributed by atoms with Crippen molar-refractivity contribution >= 4 is 38.5 Å². The molecule has 56 valence electrons. The first-order valence-electron chi connectivity index (χ1n) is 2.70. The van der Waals surface area contributed by atoms with Gasteiger partial charge in [0.15, 0.2) is 0 Å². The molecule has 0 heterocycles. The molecule has 0 radical (unpaired) electrons. The summed E-state index contributed by atoms with van der Waals surface area (Å²) in [6.07, 6.45) is 0. The van der Waals surface area contributed by atoms with E-state index in [1.165, 1.54) is 12.1 Å². The maximum atomic E-state index is 12.6. The van der Waals surface area contributed by atoms with Crippen molar-refractivity contribution in [2.24, 2.45) is 0 Å². The fourth-order valence-corrected chi connectivity index (χ4v) is 1.50. The minimum Gasteiger partial charge on any atom is -0.207 e. The third kappa shape index (κ3) is 1.91. The van der Waals surface area contributed by atoms with E-state index in [0.717, 1.165) is 3.57 Å². The van der Waals surface area contributed by atoms with Crippen LogP contribution in [-0.2, 0) is 0 Å². The zero-order valence-corrected chi connectivity index (χ0v) is 8.98. The third-order valence-corrected chi connectivity index (χ3v) is 3.64. The summed E-state index contributed by atoms with van der Waals surface area (Å²) in [5.41, 5.74) is 0.359. The SMILES string of the molecule is N#Cc1cc(F)cc(Br)c1I. The fourth-order valence-electron chi connectivity index (χ4n) is 0.637. The van der Waals surface area contributed by atoms with Crippen LogP contribution >= 0.6 is 38.5 Å². The molecule has 0 aliphatic rings. The molecule has 1 aromatic carbocycles. The molecule has 0 aromatic heterocycles. The van der Waals surface area contributed by atoms with Crippen LogP contribution in [0.3, 0.4) is 0 Å². The van der Waals surface area contributed by atoms with Gasteiger partial charge in [-0.05, 0) is 50.7 Å². The van der Waals surface area contributed by atoms with E-state index < -0.39 is 5.82 Å². The lowest BCUT2D eigenvalue weighted by Crippen LogP contribution is -1.85. The highest BCUT2D eigenvalue weighted by Gasteiger charge is 2.05. The van der Waals surface area contributed by atoms with Crippen molar-refractivity contribution in [1.82, 2.24) is 0 Å². The zero-order chi connectivity index (χ0) is 8.43. The molecule has 0 N–H and O–H groups in total. The van der Waals surface area contributed by atoms with Crippen molar-refractivity contribution in [3.05, 3.63) is 31.6 Å². The predicted molar refractivity (Wildman–Crippen MR) is 51.5 cm³/mol. The highest BCUT2D eigenvalue weighted by Crippen LogP contribution is 2.23. The second kappa shape index (κ2) is 3.50. The van der Waals surface area contributed by atoms with Crippen molar-refractivity contribution in [2.45, 2.75) is 0 Å². The van der Waals surface area contributed by atoms with Crippen LogP contribution in [0.25, 0.3) is 0 Å². The molecule has 0 saturated carbocycles. The number of hydrogen-bond acceptors (Lipinski definition) is 1. The highest BCUT2D eigenvalue weighted by molar-refractivity contribution is 14.1. The molecular formula is C7H2BrFIN. The van der Waals surface area contributed by atoms with E-state index in [9.17, 15) is 4.39 Å². The van der Waals surface area contributed by atoms with Crippen LogP contribution < -0.4 is 0 Å². The molecule has 11 heavy (non-hydrogen) atoms. The Morgan fingerprint density at radius 2 is 2.18 bits per heavy atom. The maximum absolute atomic E-state index is 12.6. The van der Waals surface area contributed by atoms with Gasteiger partial charge in [0.1, 0.15) is 11.9 Å². The Labute approximate surface area is 85.5 Å². The van der Waals surface area contributed by atoms with Gasteiger partial charge in [-0.2, -0.15) is 5.26 Å². The minimum atomic E-state index is -0.395. The van der Waals surface area contributed by atoms with E-state index in [2.05, 4.69) is 15.9 Å². The number of nitriles is 1. The van der Waals surface area contributed by atoms with Crippen molar-refractivity contribution in [2.75, 3.05) is 0 Å². The van der Waals surface area contributed by atoms with Crippen molar-refractivity contribution in [3.63, 3.8) is 0 Å². The standard InChI is InChI=1S/C7H2BrFIN/c8-6-2-5(9)1-4(3-11)7(6)10/h1-2H. The van der Waals surface area contributed by atoms with E-state index in [1.54, 1.807) is 0 Å². The second-order valence-corrected chi connectivity index (χ2v) is 3.79. The molecule has 0 fully saturated rings. The number of rotatable bonds is 0. The van der Waals surface area contributed by atoms with Crippen LogP contribution in [0.2, 0.25) is 0 Å². The van der Waals surface area contributed by atoms with Gasteiger partial charge in [-0.1, -0.05) is 0 Å². The van der Waals surface area contributed by atoms with Gasteiger partial charge in [-0.15, -0.1) is 0 Å². The van der Waals surface area contributed by atoms with E-state index >= 15 is 0 Å². The summed E-state index contributed by atoms with van der Waals surface area (Å²) in [6.45, 7) is 0. The number of hydrogen-bond donors (Lipinski definition) is 0. The van der Waals surface area contributed by atoms with Gasteiger partial charge in [0, 0.05) is 8.04 Å². The van der Waals surface area contributed by atoms with Gasteiger partial charge in [0.25, 0.3) is 0 Å². The largest absolute Gasteiger partial charge is 0.207 e. The van der Waals surface area contributed by atoms with Gasteiger partial charge >= 0.3 is 0 Å². The lowest BCUT2D eigenvalue weighted by molar-refractivity contribution is 0.626. The Morgan fingerprint density at radius 3 is 2.73 bits per heavy atom. The summed E-state index contributed by atoms with van der Waals surface area (Å²) in [5.74, 6) is -0.395. The predicted octanol–water partition coefficient (Wildman–Crippen LogP) is 3.06.